The van der Waals surface area contributed by atoms with E-state index in [-0.39, 0.29) is 25.8 Å². The molecule has 0 fully saturated rings. The van der Waals surface area contributed by atoms with Gasteiger partial charge in [0.2, 0.25) is 0 Å². The van der Waals surface area contributed by atoms with Crippen LogP contribution in [0.3, 0.4) is 0 Å². The average Bonchev–Trinajstić information content (AvgIpc) is 0.918. The van der Waals surface area contributed by atoms with Gasteiger partial charge in [-0.15, -0.1) is 0 Å². The predicted octanol–water partition coefficient (Wildman–Crippen LogP) is 0.628. The first-order chi connectivity index (χ1) is 1.41. The third kappa shape index (κ3) is 137. The Labute approximate surface area is 61.2 Å². The van der Waals surface area contributed by atoms with Crippen molar-refractivity contribution in [2.45, 2.75) is 0 Å². The summed E-state index contributed by atoms with van der Waals surface area (Å²) in [6.07, 6.45) is 0. The van der Waals surface area contributed by atoms with Gasteiger partial charge < -0.3 is 25.8 Å². The molecule has 0 bridgehead atoms. The summed E-state index contributed by atoms with van der Waals surface area (Å²) in [5, 5.41) is 0. The van der Waals surface area contributed by atoms with Crippen LogP contribution in [0.2, 0.25) is 0 Å². The Morgan fingerprint density at radius 3 is 0.857 bits per heavy atom. The van der Waals surface area contributed by atoms with Crippen LogP contribution in [0.25, 0.3) is 0 Å². The van der Waals surface area contributed by atoms with E-state index in [1.165, 1.54) is 0 Å². The molecule has 0 aromatic rings. The molecule has 7 heavy (non-hydrogen) atoms. The van der Waals surface area contributed by atoms with E-state index in [2.05, 4.69) is 0 Å². The molecule has 0 aliphatic carbocycles. The standard InChI is InChI=1S/2CH3.2ClH.2H2O.Pt/h2*1H3;2*1H;2*1H2;/q2*-1;;;;;+4/p-2. The molecule has 0 rings (SSSR count). The maximum atomic E-state index is 4.88. The first kappa shape index (κ1) is 41.6. The number of rotatable bonds is 0. The van der Waals surface area contributed by atoms with Crippen molar-refractivity contribution in [2.24, 2.45) is 0 Å². The number of hydrogen-bond acceptors (Lipinski definition) is 0. The van der Waals surface area contributed by atoms with Gasteiger partial charge in [0.05, 0.1) is 0 Å². The van der Waals surface area contributed by atoms with Crippen LogP contribution in [-0.4, -0.2) is 11.0 Å². The molecular weight excluding hydrogens is 322 g/mol. The normalized spacial score (nSPS) is 3.14. The first-order valence-electron chi connectivity index (χ1n) is 0.239. The van der Waals surface area contributed by atoms with Crippen molar-refractivity contribution in [3.8, 4) is 0 Å². The second-order valence-corrected chi connectivity index (χ2v) is 3.33. The van der Waals surface area contributed by atoms with Gasteiger partial charge in [0.15, 0.2) is 0 Å². The van der Waals surface area contributed by atoms with Gasteiger partial charge in [0.25, 0.3) is 0 Å². The van der Waals surface area contributed by atoms with E-state index in [1.807, 2.05) is 0 Å². The van der Waals surface area contributed by atoms with Gasteiger partial charge in [-0.3, -0.25) is 0 Å². The van der Waals surface area contributed by atoms with Crippen molar-refractivity contribution < 1.29 is 27.4 Å². The Balaban J connectivity index is -0.00000000333. The molecule has 0 atom stereocenters. The van der Waals surface area contributed by atoms with Crippen LogP contribution in [0.15, 0.2) is 0 Å². The fourth-order valence-corrected chi connectivity index (χ4v) is 0. The van der Waals surface area contributed by atoms with Crippen LogP contribution in [0.5, 0.6) is 0 Å². The zero-order chi connectivity index (χ0) is 2.71. The van der Waals surface area contributed by atoms with Gasteiger partial charge in [-0.2, -0.15) is 0 Å². The Bertz CT molecular complexity index is 13.7. The molecule has 0 saturated carbocycles. The van der Waals surface area contributed by atoms with Crippen molar-refractivity contribution in [1.82, 2.24) is 0 Å². The molecule has 5 heteroatoms. The summed E-state index contributed by atoms with van der Waals surface area (Å²) >= 11 is -0.472. The average molecular weight is 332 g/mol. The van der Waals surface area contributed by atoms with Crippen LogP contribution in [0.4, 0.5) is 0 Å². The van der Waals surface area contributed by atoms with Crippen molar-refractivity contribution in [2.75, 3.05) is 0 Å². The number of hydrogen-bond donors (Lipinski definition) is 0. The van der Waals surface area contributed by atoms with E-state index in [4.69, 9.17) is 18.8 Å². The van der Waals surface area contributed by atoms with Gasteiger partial charge in [0, 0.05) is 0 Å². The van der Waals surface area contributed by atoms with Crippen LogP contribution in [0.1, 0.15) is 0 Å². The fourth-order valence-electron chi connectivity index (χ4n) is 0. The summed E-state index contributed by atoms with van der Waals surface area (Å²) in [7, 11) is 9.75. The number of halogens is 2. The summed E-state index contributed by atoms with van der Waals surface area (Å²) in [6, 6.07) is 0. The van der Waals surface area contributed by atoms with Crippen LogP contribution in [0, 0.1) is 14.9 Å². The fraction of sp³-hybridized carbons (Fsp3) is 0. The quantitative estimate of drug-likeness (QED) is 0.584. The maximum absolute atomic E-state index is 4.88. The van der Waals surface area contributed by atoms with Crippen LogP contribution >= 0.6 is 18.8 Å². The Morgan fingerprint density at radius 2 is 0.857 bits per heavy atom. The molecule has 0 aromatic heterocycles. The third-order valence-corrected chi connectivity index (χ3v) is 0. The third-order valence-electron chi connectivity index (χ3n) is 0. The van der Waals surface area contributed by atoms with E-state index >= 15 is 0 Å². The minimum atomic E-state index is -0.472. The molecule has 0 unspecified atom stereocenters. The molecule has 0 aromatic carbocycles. The molecule has 0 aliphatic rings. The van der Waals surface area contributed by atoms with E-state index in [0.717, 1.165) is 0 Å². The summed E-state index contributed by atoms with van der Waals surface area (Å²) in [6.45, 7) is 0. The van der Waals surface area contributed by atoms with Crippen molar-refractivity contribution in [1.29, 1.82) is 0 Å². The summed E-state index contributed by atoms with van der Waals surface area (Å²) < 4.78 is 0. The molecule has 54 valence electrons. The zero-order valence-corrected chi connectivity index (χ0v) is 7.86. The van der Waals surface area contributed by atoms with Gasteiger partial charge >= 0.3 is 35.3 Å². The second kappa shape index (κ2) is 57.5. The Morgan fingerprint density at radius 1 is 0.857 bits per heavy atom. The Kier molecular flexibility index (Phi) is 342. The summed E-state index contributed by atoms with van der Waals surface area (Å²) in [4.78, 5) is 0. The Hall–Kier alpha value is 1.19. The van der Waals surface area contributed by atoms with Crippen LogP contribution < -0.4 is 0 Å². The van der Waals surface area contributed by atoms with E-state index in [1.54, 1.807) is 0 Å². The van der Waals surface area contributed by atoms with Gasteiger partial charge in [0.1, 0.15) is 0 Å². The van der Waals surface area contributed by atoms with Crippen molar-refractivity contribution in [3.63, 3.8) is 0 Å². The molecule has 0 saturated heterocycles. The van der Waals surface area contributed by atoms with E-state index < -0.39 is 16.5 Å². The molecular formula is C2H10Cl2O2Pt. The van der Waals surface area contributed by atoms with Crippen molar-refractivity contribution >= 4 is 18.8 Å². The topological polar surface area (TPSA) is 63.0 Å². The minimum absolute atomic E-state index is 0. The second-order valence-electron chi connectivity index (χ2n) is 0.0452. The van der Waals surface area contributed by atoms with Crippen molar-refractivity contribution in [3.05, 3.63) is 14.9 Å². The van der Waals surface area contributed by atoms with E-state index in [9.17, 15) is 0 Å². The predicted molar refractivity (Wildman–Crippen MR) is 31.8 cm³/mol. The van der Waals surface area contributed by atoms with E-state index in [0.29, 0.717) is 0 Å². The van der Waals surface area contributed by atoms with Gasteiger partial charge in [-0.1, -0.05) is 0 Å². The molecule has 0 radical (unpaired) electrons. The molecule has 4 N–H and O–H groups in total. The van der Waals surface area contributed by atoms with Gasteiger partial charge in [-0.25, -0.2) is 0 Å². The molecule has 0 heterocycles. The summed E-state index contributed by atoms with van der Waals surface area (Å²) in [5.41, 5.74) is 0. The molecule has 0 amide bonds. The van der Waals surface area contributed by atoms with Gasteiger partial charge in [-0.05, 0) is 0 Å². The first-order valence-corrected chi connectivity index (χ1v) is 5.87. The molecule has 0 spiro atoms. The monoisotopic (exact) mass is 331 g/mol. The van der Waals surface area contributed by atoms with Crippen LogP contribution in [-0.2, 0) is 16.5 Å². The molecule has 0 aliphatic heterocycles. The zero-order valence-electron chi connectivity index (χ0n) is 4.07. The summed E-state index contributed by atoms with van der Waals surface area (Å²) in [5.74, 6) is 0. The SMILES string of the molecule is O.O.[CH3-].[CH3-].[Cl][Pt+2][Cl]. The molecule has 2 nitrogen and oxygen atoms in total.